The van der Waals surface area contributed by atoms with Gasteiger partial charge in [0.15, 0.2) is 5.60 Å². The van der Waals surface area contributed by atoms with Gasteiger partial charge in [0.05, 0.1) is 24.2 Å². The Bertz CT molecular complexity index is 1130. The number of piperazine rings is 1. The summed E-state index contributed by atoms with van der Waals surface area (Å²) in [5.74, 6) is 0. The number of aliphatic hydroxyl groups is 1. The van der Waals surface area contributed by atoms with Crippen molar-refractivity contribution in [3.05, 3.63) is 53.0 Å². The first-order valence-electron chi connectivity index (χ1n) is 11.8. The van der Waals surface area contributed by atoms with Crippen molar-refractivity contribution in [2.45, 2.75) is 31.2 Å². The molecule has 2 saturated heterocycles. The molecule has 2 atom stereocenters. The fourth-order valence-corrected chi connectivity index (χ4v) is 6.73. The highest BCUT2D eigenvalue weighted by Gasteiger charge is 2.51. The molecule has 36 heavy (non-hydrogen) atoms. The highest BCUT2D eigenvalue weighted by Crippen LogP contribution is 2.39. The monoisotopic (exact) mass is 545 g/mol. The number of ether oxygens (including phenoxy) is 1. The van der Waals surface area contributed by atoms with Gasteiger partial charge in [-0.05, 0) is 30.7 Å². The lowest BCUT2D eigenvalue weighted by molar-refractivity contribution is -0.258. The van der Waals surface area contributed by atoms with Crippen LogP contribution >= 0.6 is 12.2 Å². The normalized spacial score (nSPS) is 24.5. The molecule has 0 amide bonds. The summed E-state index contributed by atoms with van der Waals surface area (Å²) in [6, 6.07) is 5.41. The Balaban J connectivity index is 1.59. The van der Waals surface area contributed by atoms with E-state index in [-0.39, 0.29) is 29.6 Å². The number of thiocarbonyl (C=S) groups is 1. The number of nitrogens with zero attached hydrogens (tertiary/aromatic N) is 3. The van der Waals surface area contributed by atoms with E-state index in [1.807, 2.05) is 11.0 Å². The minimum absolute atomic E-state index is 0.150. The van der Waals surface area contributed by atoms with Crippen LogP contribution in [0.5, 0.6) is 0 Å². The number of morpholine rings is 1. The minimum Gasteiger partial charge on any atom is -0.379 e. The van der Waals surface area contributed by atoms with Gasteiger partial charge in [0.25, 0.3) is 0 Å². The topological polar surface area (TPSA) is 73.3 Å². The van der Waals surface area contributed by atoms with Crippen LogP contribution in [-0.2, 0) is 20.4 Å². The molecule has 1 aliphatic carbocycles. The van der Waals surface area contributed by atoms with Crippen LogP contribution < -0.4 is 4.90 Å². The van der Waals surface area contributed by atoms with Gasteiger partial charge in [0, 0.05) is 56.2 Å². The van der Waals surface area contributed by atoms with Crippen LogP contribution in [0.15, 0.2) is 47.4 Å². The summed E-state index contributed by atoms with van der Waals surface area (Å²) < 4.78 is 73.6. The summed E-state index contributed by atoms with van der Waals surface area (Å²) >= 11 is 5.31. The molecule has 2 heterocycles. The molecule has 12 heteroatoms. The molecule has 2 fully saturated rings. The van der Waals surface area contributed by atoms with E-state index in [4.69, 9.17) is 17.0 Å². The zero-order valence-corrected chi connectivity index (χ0v) is 21.6. The fraction of sp³-hybridized carbons (Fsp3) is 0.542. The number of sulfonamides is 1. The average molecular weight is 546 g/mol. The maximum atomic E-state index is 13.4. The van der Waals surface area contributed by atoms with Gasteiger partial charge in [0.2, 0.25) is 10.0 Å². The Morgan fingerprint density at radius 1 is 1.11 bits per heavy atom. The lowest BCUT2D eigenvalue weighted by Crippen LogP contribution is -2.59. The van der Waals surface area contributed by atoms with Crippen LogP contribution in [0.25, 0.3) is 0 Å². The standard InChI is InChI=1S/C24H30F3N3O4S2/c1-23(31,24(25,26)27)18-6-8-19(9-7-18)30-11-10-29(17-20(30)16-28-12-14-34-15-13-28)36(32,33)22-5-3-2-4-21(22)35/h2-3,5-9,20,31H,4,10-17H2,1H3/t20-,23?/m1/s1. The lowest BCUT2D eigenvalue weighted by Gasteiger charge is -2.44. The largest absolute Gasteiger partial charge is 0.421 e. The Morgan fingerprint density at radius 2 is 1.78 bits per heavy atom. The van der Waals surface area contributed by atoms with Gasteiger partial charge in [-0.1, -0.05) is 36.5 Å². The second-order valence-corrected chi connectivity index (χ2v) is 11.7. The number of alkyl halides is 3. The summed E-state index contributed by atoms with van der Waals surface area (Å²) in [4.78, 5) is 4.77. The first-order chi connectivity index (χ1) is 16.9. The number of rotatable bonds is 6. The first-order valence-corrected chi connectivity index (χ1v) is 13.6. The van der Waals surface area contributed by atoms with Gasteiger partial charge in [-0.2, -0.15) is 17.5 Å². The summed E-state index contributed by atoms with van der Waals surface area (Å²) in [7, 11) is -3.78. The van der Waals surface area contributed by atoms with E-state index in [2.05, 4.69) is 4.90 Å². The second-order valence-electron chi connectivity index (χ2n) is 9.33. The van der Waals surface area contributed by atoms with E-state index in [1.165, 1.54) is 22.5 Å². The molecule has 0 saturated carbocycles. The van der Waals surface area contributed by atoms with Gasteiger partial charge in [-0.25, -0.2) is 8.42 Å². The zero-order chi connectivity index (χ0) is 26.1. The van der Waals surface area contributed by atoms with E-state index in [9.17, 15) is 26.7 Å². The van der Waals surface area contributed by atoms with Gasteiger partial charge >= 0.3 is 6.18 Å². The molecular formula is C24H30F3N3O4S2. The molecular weight excluding hydrogens is 515 g/mol. The van der Waals surface area contributed by atoms with Gasteiger partial charge < -0.3 is 14.7 Å². The Morgan fingerprint density at radius 3 is 2.39 bits per heavy atom. The summed E-state index contributed by atoms with van der Waals surface area (Å²) in [6.45, 7) is 4.69. The third-order valence-electron chi connectivity index (χ3n) is 6.91. The van der Waals surface area contributed by atoms with Crippen LogP contribution in [0.3, 0.4) is 0 Å². The molecule has 4 rings (SSSR count). The fourth-order valence-electron chi connectivity index (χ4n) is 4.66. The Kier molecular flexibility index (Phi) is 7.94. The molecule has 0 aromatic heterocycles. The maximum absolute atomic E-state index is 13.4. The molecule has 1 aromatic carbocycles. The number of allylic oxidation sites excluding steroid dienone is 4. The van der Waals surface area contributed by atoms with Crippen molar-refractivity contribution < 1.29 is 31.4 Å². The van der Waals surface area contributed by atoms with Crippen molar-refractivity contribution in [2.24, 2.45) is 0 Å². The third kappa shape index (κ3) is 5.53. The van der Waals surface area contributed by atoms with Crippen molar-refractivity contribution in [1.29, 1.82) is 0 Å². The average Bonchev–Trinajstić information content (AvgIpc) is 2.84. The second kappa shape index (κ2) is 10.5. The molecule has 2 aliphatic heterocycles. The third-order valence-corrected chi connectivity index (χ3v) is 9.38. The van der Waals surface area contributed by atoms with Gasteiger partial charge in [-0.3, -0.25) is 4.90 Å². The van der Waals surface area contributed by atoms with Crippen LogP contribution in [0.4, 0.5) is 18.9 Å². The van der Waals surface area contributed by atoms with Crippen LogP contribution in [0, 0.1) is 0 Å². The van der Waals surface area contributed by atoms with E-state index in [0.29, 0.717) is 56.4 Å². The minimum atomic E-state index is -4.81. The molecule has 3 aliphatic rings. The summed E-state index contributed by atoms with van der Waals surface area (Å²) in [6.07, 6.45) is 0.653. The molecule has 198 valence electrons. The molecule has 0 bridgehead atoms. The van der Waals surface area contributed by atoms with E-state index in [1.54, 1.807) is 18.2 Å². The SMILES string of the molecule is CC(O)(c1ccc(N2CCN(S(=O)(=O)C3=CC=CCC3=S)C[C@H]2CN2CCOCC2)cc1)C(F)(F)F. The van der Waals surface area contributed by atoms with E-state index >= 15 is 0 Å². The quantitative estimate of drug-likeness (QED) is 0.552. The van der Waals surface area contributed by atoms with Crippen molar-refractivity contribution in [3.8, 4) is 0 Å². The van der Waals surface area contributed by atoms with Crippen molar-refractivity contribution >= 4 is 32.8 Å². The maximum Gasteiger partial charge on any atom is 0.421 e. The molecule has 1 aromatic rings. The number of anilines is 1. The molecule has 1 unspecified atom stereocenters. The van der Waals surface area contributed by atoms with Crippen molar-refractivity contribution in [3.63, 3.8) is 0 Å². The number of benzene rings is 1. The number of hydrogen-bond acceptors (Lipinski definition) is 7. The summed E-state index contributed by atoms with van der Waals surface area (Å²) in [5.41, 5.74) is -2.55. The molecule has 1 N–H and O–H groups in total. The van der Waals surface area contributed by atoms with Crippen LogP contribution in [0.1, 0.15) is 18.9 Å². The smallest absolute Gasteiger partial charge is 0.379 e. The Hall–Kier alpha value is -1.83. The Labute approximate surface area is 214 Å². The first kappa shape index (κ1) is 27.2. The van der Waals surface area contributed by atoms with Crippen molar-refractivity contribution in [2.75, 3.05) is 57.4 Å². The summed E-state index contributed by atoms with van der Waals surface area (Å²) in [5, 5.41) is 10.0. The van der Waals surface area contributed by atoms with Crippen LogP contribution in [0.2, 0.25) is 0 Å². The number of hydrogen-bond donors (Lipinski definition) is 1. The molecule has 7 nitrogen and oxygen atoms in total. The number of halogens is 3. The van der Waals surface area contributed by atoms with E-state index in [0.717, 1.165) is 6.92 Å². The highest BCUT2D eigenvalue weighted by molar-refractivity contribution is 7.96. The predicted molar refractivity (Wildman–Crippen MR) is 135 cm³/mol. The zero-order valence-electron chi connectivity index (χ0n) is 19.9. The molecule has 0 spiro atoms. The highest BCUT2D eigenvalue weighted by atomic mass is 32.2. The van der Waals surface area contributed by atoms with Gasteiger partial charge in [0.1, 0.15) is 0 Å². The lowest BCUT2D eigenvalue weighted by atomic mass is 9.95. The molecule has 0 radical (unpaired) electrons. The van der Waals surface area contributed by atoms with Gasteiger partial charge in [-0.15, -0.1) is 0 Å². The van der Waals surface area contributed by atoms with Crippen LogP contribution in [-0.4, -0.2) is 92.3 Å². The van der Waals surface area contributed by atoms with E-state index < -0.39 is 21.8 Å². The van der Waals surface area contributed by atoms with Crippen molar-refractivity contribution in [1.82, 2.24) is 9.21 Å². The predicted octanol–water partition coefficient (Wildman–Crippen LogP) is 2.82.